The second-order valence-electron chi connectivity index (χ2n) is 14.7. The van der Waals surface area contributed by atoms with Crippen molar-refractivity contribution in [2.45, 2.75) is 0 Å². The summed E-state index contributed by atoms with van der Waals surface area (Å²) in [6.07, 6.45) is 1.85. The number of hydrogen-bond acceptors (Lipinski definition) is 5. The molecule has 0 N–H and O–H groups in total. The largest absolute Gasteiger partial charge is 0.456 e. The van der Waals surface area contributed by atoms with Crippen LogP contribution >= 0.6 is 0 Å². The maximum Gasteiger partial charge on any atom is 0.182 e. The highest BCUT2D eigenvalue weighted by Gasteiger charge is 2.18. The SMILES string of the molecule is c1cc(-c2cccc(-n3c4ccccc4c4ccc5ccccc5c43)c2)cc(-c2nc(-c3ccc4ccccc4c3)nc(-c3cc4oc5ccccc5c4cn3)n2)c1. The van der Waals surface area contributed by atoms with Gasteiger partial charge in [0.1, 0.15) is 16.9 Å². The number of furan rings is 1. The zero-order valence-corrected chi connectivity index (χ0v) is 31.0. The van der Waals surface area contributed by atoms with Crippen LogP contribution in [-0.4, -0.2) is 24.5 Å². The Hall–Kier alpha value is -7.96. The molecule has 0 spiro atoms. The maximum absolute atomic E-state index is 6.25. The molecule has 58 heavy (non-hydrogen) atoms. The van der Waals surface area contributed by atoms with Crippen molar-refractivity contribution in [2.75, 3.05) is 0 Å². The van der Waals surface area contributed by atoms with Crippen LogP contribution in [-0.2, 0) is 0 Å². The fraction of sp³-hybridized carbons (Fsp3) is 0. The van der Waals surface area contributed by atoms with Crippen molar-refractivity contribution < 1.29 is 4.42 Å². The molecule has 0 radical (unpaired) electrons. The van der Waals surface area contributed by atoms with Gasteiger partial charge in [0.25, 0.3) is 0 Å². The zero-order valence-electron chi connectivity index (χ0n) is 31.0. The molecule has 0 unspecified atom stereocenters. The van der Waals surface area contributed by atoms with Gasteiger partial charge in [-0.3, -0.25) is 4.98 Å². The molecular formula is C52H31N5O. The molecule has 6 heteroatoms. The van der Waals surface area contributed by atoms with Gasteiger partial charge in [-0.1, -0.05) is 140 Å². The average molecular weight is 742 g/mol. The molecule has 0 saturated carbocycles. The summed E-state index contributed by atoms with van der Waals surface area (Å²) in [4.78, 5) is 20.1. The number of para-hydroxylation sites is 2. The van der Waals surface area contributed by atoms with Crippen LogP contribution in [0, 0.1) is 0 Å². The molecule has 12 rings (SSSR count). The molecule has 0 amide bonds. The predicted octanol–water partition coefficient (Wildman–Crippen LogP) is 13.2. The third kappa shape index (κ3) is 5.20. The monoisotopic (exact) mass is 741 g/mol. The molecule has 0 aliphatic heterocycles. The summed E-state index contributed by atoms with van der Waals surface area (Å²) in [7, 11) is 0. The van der Waals surface area contributed by atoms with Crippen LogP contribution in [0.15, 0.2) is 193 Å². The zero-order chi connectivity index (χ0) is 38.2. The second-order valence-corrected chi connectivity index (χ2v) is 14.7. The lowest BCUT2D eigenvalue weighted by Gasteiger charge is -2.13. The van der Waals surface area contributed by atoms with Crippen molar-refractivity contribution in [3.05, 3.63) is 188 Å². The van der Waals surface area contributed by atoms with Gasteiger partial charge in [-0.15, -0.1) is 0 Å². The van der Waals surface area contributed by atoms with E-state index >= 15 is 0 Å². The van der Waals surface area contributed by atoms with E-state index in [1.54, 1.807) is 0 Å². The lowest BCUT2D eigenvalue weighted by Crippen LogP contribution is -2.01. The van der Waals surface area contributed by atoms with Gasteiger partial charge in [-0.25, -0.2) is 15.0 Å². The van der Waals surface area contributed by atoms with Crippen molar-refractivity contribution in [1.82, 2.24) is 24.5 Å². The van der Waals surface area contributed by atoms with Gasteiger partial charge in [-0.2, -0.15) is 0 Å². The Morgan fingerprint density at radius 1 is 0.379 bits per heavy atom. The van der Waals surface area contributed by atoms with E-state index in [0.717, 1.165) is 60.7 Å². The summed E-state index contributed by atoms with van der Waals surface area (Å²) < 4.78 is 8.65. The minimum atomic E-state index is 0.474. The summed E-state index contributed by atoms with van der Waals surface area (Å²) >= 11 is 0. The Morgan fingerprint density at radius 2 is 1.03 bits per heavy atom. The summed E-state index contributed by atoms with van der Waals surface area (Å²) in [5.74, 6) is 1.61. The minimum Gasteiger partial charge on any atom is -0.456 e. The molecule has 270 valence electrons. The van der Waals surface area contributed by atoms with Crippen LogP contribution in [0.5, 0.6) is 0 Å². The molecule has 8 aromatic carbocycles. The normalized spacial score (nSPS) is 11.8. The number of benzene rings is 8. The Morgan fingerprint density at radius 3 is 1.91 bits per heavy atom. The van der Waals surface area contributed by atoms with Gasteiger partial charge < -0.3 is 8.98 Å². The van der Waals surface area contributed by atoms with E-state index < -0.39 is 0 Å². The van der Waals surface area contributed by atoms with Gasteiger partial charge in [0.15, 0.2) is 17.5 Å². The number of fused-ring (bicyclic) bond motifs is 9. The van der Waals surface area contributed by atoms with E-state index in [4.69, 9.17) is 24.4 Å². The first kappa shape index (κ1) is 32.3. The van der Waals surface area contributed by atoms with Crippen molar-refractivity contribution in [1.29, 1.82) is 0 Å². The fourth-order valence-corrected chi connectivity index (χ4v) is 8.48. The summed E-state index contributed by atoms with van der Waals surface area (Å²) in [6.45, 7) is 0. The third-order valence-electron chi connectivity index (χ3n) is 11.3. The predicted molar refractivity (Wildman–Crippen MR) is 236 cm³/mol. The van der Waals surface area contributed by atoms with Gasteiger partial charge in [0, 0.05) is 56.0 Å². The maximum atomic E-state index is 6.25. The number of nitrogens with zero attached hydrogens (tertiary/aromatic N) is 5. The molecule has 0 fully saturated rings. The molecule has 6 nitrogen and oxygen atoms in total. The molecule has 0 aliphatic carbocycles. The Balaban J connectivity index is 1.01. The molecule has 0 atom stereocenters. The van der Waals surface area contributed by atoms with Crippen LogP contribution in [0.4, 0.5) is 0 Å². The molecule has 4 heterocycles. The molecule has 4 aromatic heterocycles. The molecule has 12 aromatic rings. The number of pyridine rings is 1. The molecule has 0 saturated heterocycles. The third-order valence-corrected chi connectivity index (χ3v) is 11.3. The van der Waals surface area contributed by atoms with Crippen molar-refractivity contribution >= 4 is 65.3 Å². The van der Waals surface area contributed by atoms with Crippen LogP contribution in [0.25, 0.3) is 116 Å². The minimum absolute atomic E-state index is 0.474. The van der Waals surface area contributed by atoms with Crippen molar-refractivity contribution in [2.24, 2.45) is 0 Å². The summed E-state index contributed by atoms with van der Waals surface area (Å²) in [6, 6.07) is 63.6. The van der Waals surface area contributed by atoms with Gasteiger partial charge in [0.2, 0.25) is 0 Å². The highest BCUT2D eigenvalue weighted by Crippen LogP contribution is 2.38. The van der Waals surface area contributed by atoms with E-state index in [1.807, 2.05) is 36.5 Å². The highest BCUT2D eigenvalue weighted by atomic mass is 16.3. The van der Waals surface area contributed by atoms with E-state index in [0.29, 0.717) is 23.2 Å². The number of rotatable bonds is 5. The van der Waals surface area contributed by atoms with Gasteiger partial charge >= 0.3 is 0 Å². The molecular weight excluding hydrogens is 711 g/mol. The first-order chi connectivity index (χ1) is 28.7. The molecule has 0 aliphatic rings. The topological polar surface area (TPSA) is 69.6 Å². The molecule has 0 bridgehead atoms. The van der Waals surface area contributed by atoms with E-state index in [1.165, 1.54) is 32.6 Å². The number of aromatic nitrogens is 5. The van der Waals surface area contributed by atoms with E-state index in [9.17, 15) is 0 Å². The van der Waals surface area contributed by atoms with Crippen LogP contribution in [0.3, 0.4) is 0 Å². The Kier molecular flexibility index (Phi) is 7.13. The Labute approximate surface area is 332 Å². The van der Waals surface area contributed by atoms with E-state index in [2.05, 4.69) is 156 Å². The van der Waals surface area contributed by atoms with Crippen LogP contribution < -0.4 is 0 Å². The van der Waals surface area contributed by atoms with Crippen LogP contribution in [0.2, 0.25) is 0 Å². The first-order valence-electron chi connectivity index (χ1n) is 19.4. The highest BCUT2D eigenvalue weighted by molar-refractivity contribution is 6.18. The fourth-order valence-electron chi connectivity index (χ4n) is 8.48. The van der Waals surface area contributed by atoms with Gasteiger partial charge in [0.05, 0.1) is 11.0 Å². The van der Waals surface area contributed by atoms with Crippen molar-refractivity contribution in [3.63, 3.8) is 0 Å². The lowest BCUT2D eigenvalue weighted by molar-refractivity contribution is 0.668. The van der Waals surface area contributed by atoms with Crippen LogP contribution in [0.1, 0.15) is 0 Å². The first-order valence-corrected chi connectivity index (χ1v) is 19.4. The Bertz CT molecular complexity index is 3600. The van der Waals surface area contributed by atoms with Crippen molar-refractivity contribution in [3.8, 4) is 51.1 Å². The second kappa shape index (κ2) is 12.8. The smallest absolute Gasteiger partial charge is 0.182 e. The quantitative estimate of drug-likeness (QED) is 0.176. The van der Waals surface area contributed by atoms with E-state index in [-0.39, 0.29) is 0 Å². The lowest BCUT2D eigenvalue weighted by atomic mass is 10.0. The average Bonchev–Trinajstić information content (AvgIpc) is 3.84. The van der Waals surface area contributed by atoms with Gasteiger partial charge in [-0.05, 0) is 63.7 Å². The summed E-state index contributed by atoms with van der Waals surface area (Å²) in [5, 5.41) is 9.16. The standard InChI is InChI=1S/C52H31N5O/c1-2-13-34-27-38(24-23-32(34)11-1)51-54-50(55-52(56-51)45-30-48-44(31-53-45)42-20-6-8-22-47(42)58-48)37-16-9-14-35(28-37)36-15-10-17-39(29-36)57-46-21-7-5-19-41(46)43-26-25-33-12-3-4-18-40(33)49(43)57/h1-31H. The number of hydrogen-bond donors (Lipinski definition) is 0. The summed E-state index contributed by atoms with van der Waals surface area (Å²) in [5.41, 5.74) is 9.56.